The van der Waals surface area contributed by atoms with E-state index in [2.05, 4.69) is 56.3 Å². The maximum atomic E-state index is 14.4. The van der Waals surface area contributed by atoms with Crippen LogP contribution in [0.4, 0.5) is 0 Å². The number of nitrogens with one attached hydrogen (secondary N) is 5. The molecule has 0 saturated heterocycles. The average Bonchev–Trinajstić information content (AvgIpc) is 3.76. The number of H-pyrrole nitrogens is 2. The molecule has 1 aliphatic rings. The molecule has 53 heavy (non-hydrogen) atoms. The van der Waals surface area contributed by atoms with E-state index in [0.717, 1.165) is 61.6 Å². The Hall–Kier alpha value is -6.42. The molecule has 3 atom stereocenters. The lowest BCUT2D eigenvalue weighted by atomic mass is 9.99. The van der Waals surface area contributed by atoms with E-state index in [-0.39, 0.29) is 31.6 Å². The van der Waals surface area contributed by atoms with Gasteiger partial charge in [-0.1, -0.05) is 91.0 Å². The van der Waals surface area contributed by atoms with Crippen molar-refractivity contribution in [2.75, 3.05) is 0 Å². The van der Waals surface area contributed by atoms with Crippen molar-refractivity contribution in [2.45, 2.75) is 56.7 Å². The molecule has 7 rings (SSSR count). The molecule has 7 N–H and O–H groups in total. The van der Waals surface area contributed by atoms with Crippen molar-refractivity contribution in [1.82, 2.24) is 25.9 Å². The Labute approximate surface area is 307 Å². The van der Waals surface area contributed by atoms with Gasteiger partial charge in [0.05, 0.1) is 0 Å². The Balaban J connectivity index is 1.19. The van der Waals surface area contributed by atoms with Crippen LogP contribution in [-0.2, 0) is 51.3 Å². The largest absolute Gasteiger partial charge is 0.368 e. The first kappa shape index (κ1) is 35.0. The lowest BCUT2D eigenvalue weighted by Crippen LogP contribution is -2.57. The summed E-state index contributed by atoms with van der Waals surface area (Å²) >= 11 is 0. The number of carbonyl (C=O) groups excluding carboxylic acids is 4. The molecule has 6 aromatic rings. The van der Waals surface area contributed by atoms with Gasteiger partial charge in [0.25, 0.3) is 0 Å². The number of fused-ring (bicyclic) bond motifs is 4. The van der Waals surface area contributed by atoms with Gasteiger partial charge >= 0.3 is 0 Å². The summed E-state index contributed by atoms with van der Waals surface area (Å²) in [7, 11) is 0. The van der Waals surface area contributed by atoms with Crippen molar-refractivity contribution in [3.05, 3.63) is 149 Å². The van der Waals surface area contributed by atoms with Crippen LogP contribution < -0.4 is 21.7 Å². The van der Waals surface area contributed by atoms with Crippen LogP contribution in [0.5, 0.6) is 0 Å². The average molecular weight is 707 g/mol. The van der Waals surface area contributed by atoms with E-state index in [0.29, 0.717) is 6.42 Å². The van der Waals surface area contributed by atoms with Gasteiger partial charge in [0.15, 0.2) is 0 Å². The molecule has 4 amide bonds. The first-order valence-corrected chi connectivity index (χ1v) is 17.9. The predicted octanol–water partition coefficient (Wildman–Crippen LogP) is 4.82. The van der Waals surface area contributed by atoms with Crippen molar-refractivity contribution in [1.29, 1.82) is 0 Å². The Morgan fingerprint density at radius 2 is 1.55 bits per heavy atom. The van der Waals surface area contributed by atoms with Crippen molar-refractivity contribution < 1.29 is 19.2 Å². The normalized spacial score (nSPS) is 16.5. The standard InChI is InChI=1S/C43H42N6O4/c44-41(51)37(22-28-8-2-1-3-9-28)48-43(53)39(23-31-25-45-35-15-5-4-14-33(31)35)49-42(52)38-24-32-26-46-36-18-16-30(21-34(32)36)13-7-11-27-10-6-12-29(20-27)17-19-40(50)47-38/h1-12,14-16,18,20-21,25-26,37-39,45-46H,13,17,19,22-24H2,(H2,44,51)(H,47,50)(H,48,53)(H,49,52)/b11-7-/t37-,38?,39-/m0/s1. The molecule has 0 fully saturated rings. The minimum atomic E-state index is -1.10. The maximum Gasteiger partial charge on any atom is 0.243 e. The molecule has 0 saturated carbocycles. The smallest absolute Gasteiger partial charge is 0.243 e. The summed E-state index contributed by atoms with van der Waals surface area (Å²) < 4.78 is 0. The Morgan fingerprint density at radius 1 is 0.755 bits per heavy atom. The van der Waals surface area contributed by atoms with E-state index in [1.54, 1.807) is 0 Å². The highest BCUT2D eigenvalue weighted by molar-refractivity contribution is 5.95. The number of nitrogens with two attached hydrogens (primary N) is 1. The quantitative estimate of drug-likeness (QED) is 0.127. The number of aromatic amines is 2. The monoisotopic (exact) mass is 706 g/mol. The third-order valence-corrected chi connectivity index (χ3v) is 9.84. The Morgan fingerprint density at radius 3 is 2.40 bits per heavy atom. The number of aromatic nitrogens is 2. The van der Waals surface area contributed by atoms with Crippen molar-refractivity contribution in [3.63, 3.8) is 0 Å². The van der Waals surface area contributed by atoms with E-state index >= 15 is 0 Å². The first-order valence-electron chi connectivity index (χ1n) is 17.9. The molecule has 3 heterocycles. The highest BCUT2D eigenvalue weighted by Crippen LogP contribution is 2.23. The predicted molar refractivity (Wildman–Crippen MR) is 207 cm³/mol. The SMILES string of the molecule is NC(=O)[C@H](Cc1ccccc1)NC(=O)[C@H](Cc1c[nH]c2ccccc12)NC(=O)C1Cc2c[nH]c3ccc(cc23)C/C=C\c2cccc(c2)CCC(=O)N1. The fourth-order valence-electron chi connectivity index (χ4n) is 7.01. The van der Waals surface area contributed by atoms with Crippen LogP contribution >= 0.6 is 0 Å². The van der Waals surface area contributed by atoms with E-state index in [9.17, 15) is 19.2 Å². The van der Waals surface area contributed by atoms with Gasteiger partial charge in [-0.3, -0.25) is 19.2 Å². The number of carbonyl (C=O) groups is 4. The second-order valence-electron chi connectivity index (χ2n) is 13.6. The van der Waals surface area contributed by atoms with E-state index < -0.39 is 35.8 Å². The van der Waals surface area contributed by atoms with E-state index in [1.807, 2.05) is 91.3 Å². The molecular weight excluding hydrogens is 665 g/mol. The molecule has 2 aromatic heterocycles. The number of primary amides is 1. The minimum Gasteiger partial charge on any atom is -0.368 e. The van der Waals surface area contributed by atoms with Crippen LogP contribution in [-0.4, -0.2) is 51.7 Å². The topological polar surface area (TPSA) is 162 Å². The number of benzene rings is 4. The first-order chi connectivity index (χ1) is 25.8. The van der Waals surface area contributed by atoms with Crippen LogP contribution in [0.15, 0.2) is 116 Å². The summed E-state index contributed by atoms with van der Waals surface area (Å²) in [6.45, 7) is 0. The fraction of sp³-hybridized carbons (Fsp3) is 0.209. The molecule has 268 valence electrons. The number of para-hydroxylation sites is 1. The summed E-state index contributed by atoms with van der Waals surface area (Å²) in [4.78, 5) is 61.1. The number of hydrogen-bond donors (Lipinski definition) is 6. The van der Waals surface area contributed by atoms with Gasteiger partial charge in [-0.2, -0.15) is 0 Å². The Kier molecular flexibility index (Phi) is 10.5. The molecule has 10 heteroatoms. The van der Waals surface area contributed by atoms with Crippen LogP contribution in [0.1, 0.15) is 39.8 Å². The van der Waals surface area contributed by atoms with Crippen LogP contribution in [0.2, 0.25) is 0 Å². The van der Waals surface area contributed by atoms with Crippen LogP contribution in [0.25, 0.3) is 27.9 Å². The summed E-state index contributed by atoms with van der Waals surface area (Å²) in [5.41, 5.74) is 13.2. The maximum absolute atomic E-state index is 14.4. The van der Waals surface area contributed by atoms with Crippen LogP contribution in [0, 0.1) is 0 Å². The molecule has 4 aromatic carbocycles. The zero-order chi connectivity index (χ0) is 36.7. The van der Waals surface area contributed by atoms with E-state index in [1.165, 1.54) is 0 Å². The summed E-state index contributed by atoms with van der Waals surface area (Å²) in [6, 6.07) is 28.1. The molecule has 0 aliphatic carbocycles. The van der Waals surface area contributed by atoms with Crippen molar-refractivity contribution >= 4 is 51.5 Å². The molecule has 10 nitrogen and oxygen atoms in total. The van der Waals surface area contributed by atoms with Gasteiger partial charge < -0.3 is 31.7 Å². The van der Waals surface area contributed by atoms with Gasteiger partial charge in [0, 0.05) is 59.9 Å². The second kappa shape index (κ2) is 15.9. The summed E-state index contributed by atoms with van der Waals surface area (Å²) in [5.74, 6) is -2.06. The van der Waals surface area contributed by atoms with Crippen molar-refractivity contribution in [3.8, 4) is 0 Å². The van der Waals surface area contributed by atoms with Gasteiger partial charge in [-0.05, 0) is 64.4 Å². The molecule has 1 unspecified atom stereocenters. The van der Waals surface area contributed by atoms with Crippen molar-refractivity contribution in [2.24, 2.45) is 5.73 Å². The molecule has 4 bridgehead atoms. The Bertz CT molecular complexity index is 2310. The zero-order valence-corrected chi connectivity index (χ0v) is 29.2. The highest BCUT2D eigenvalue weighted by atomic mass is 16.2. The second-order valence-corrected chi connectivity index (χ2v) is 13.6. The third-order valence-electron chi connectivity index (χ3n) is 9.84. The molecule has 1 aliphatic heterocycles. The van der Waals surface area contributed by atoms with Gasteiger partial charge in [-0.15, -0.1) is 0 Å². The minimum absolute atomic E-state index is 0.124. The zero-order valence-electron chi connectivity index (χ0n) is 29.2. The molecular formula is C43H42N6O4. The van der Waals surface area contributed by atoms with Gasteiger partial charge in [0.1, 0.15) is 18.1 Å². The number of hydrogen-bond acceptors (Lipinski definition) is 4. The highest BCUT2D eigenvalue weighted by Gasteiger charge is 2.31. The summed E-state index contributed by atoms with van der Waals surface area (Å²) in [6.07, 6.45) is 9.80. The number of allylic oxidation sites excluding steroid dienone is 1. The number of aryl methyl sites for hydroxylation is 1. The molecule has 0 radical (unpaired) electrons. The lowest BCUT2D eigenvalue weighted by molar-refractivity contribution is -0.133. The number of rotatable bonds is 9. The lowest BCUT2D eigenvalue weighted by Gasteiger charge is -2.25. The van der Waals surface area contributed by atoms with E-state index in [4.69, 9.17) is 5.73 Å². The molecule has 0 spiro atoms. The fourth-order valence-corrected chi connectivity index (χ4v) is 7.01. The van der Waals surface area contributed by atoms with Crippen LogP contribution in [0.3, 0.4) is 0 Å². The van der Waals surface area contributed by atoms with Gasteiger partial charge in [-0.25, -0.2) is 0 Å². The summed E-state index contributed by atoms with van der Waals surface area (Å²) in [5, 5.41) is 10.6. The third kappa shape index (κ3) is 8.56. The van der Waals surface area contributed by atoms with Gasteiger partial charge in [0.2, 0.25) is 23.6 Å². The number of amides is 4.